The van der Waals surface area contributed by atoms with Crippen molar-refractivity contribution in [2.24, 2.45) is 16.5 Å². The van der Waals surface area contributed by atoms with Crippen LogP contribution in [-0.2, 0) is 11.1 Å². The molecule has 0 heterocycles. The van der Waals surface area contributed by atoms with Crippen LogP contribution >= 0.6 is 0 Å². The van der Waals surface area contributed by atoms with E-state index in [9.17, 15) is 9.50 Å². The predicted molar refractivity (Wildman–Crippen MR) is 104 cm³/mol. The molecule has 26 heavy (non-hydrogen) atoms. The minimum absolute atomic E-state index is 0.0602. The van der Waals surface area contributed by atoms with Crippen molar-refractivity contribution in [2.75, 3.05) is 11.8 Å². The van der Waals surface area contributed by atoms with Crippen molar-refractivity contribution in [3.05, 3.63) is 59.7 Å². The molecule has 1 atom stereocenters. The van der Waals surface area contributed by atoms with Crippen molar-refractivity contribution >= 4 is 30.4 Å². The summed E-state index contributed by atoms with van der Waals surface area (Å²) >= 11 is 0. The summed E-state index contributed by atoms with van der Waals surface area (Å²) in [5.74, 6) is -0.304. The second kappa shape index (κ2) is 9.48. The number of anilines is 1. The van der Waals surface area contributed by atoms with Crippen LogP contribution in [0, 0.1) is 0 Å². The number of hydrogen-bond acceptors (Lipinski definition) is 4. The zero-order valence-corrected chi connectivity index (χ0v) is 14.6. The first-order valence-corrected chi connectivity index (χ1v) is 8.25. The Bertz CT molecular complexity index is 788. The van der Waals surface area contributed by atoms with Gasteiger partial charge in [-0.05, 0) is 6.07 Å². The third-order valence-corrected chi connectivity index (χ3v) is 3.67. The van der Waals surface area contributed by atoms with Gasteiger partial charge in [0, 0.05) is 0 Å². The monoisotopic (exact) mass is 351 g/mol. The number of carbonyl (C=O) groups excluding carboxylic acids is 1. The molecule has 134 valence electrons. The van der Waals surface area contributed by atoms with E-state index in [0.717, 1.165) is 19.1 Å². The second-order valence-corrected chi connectivity index (χ2v) is 5.92. The summed E-state index contributed by atoms with van der Waals surface area (Å²) in [7, 11) is 0.845. The average molecular weight is 351 g/mol. The quantitative estimate of drug-likeness (QED) is 0.325. The Labute approximate surface area is 153 Å². The van der Waals surface area contributed by atoms with Gasteiger partial charge in [0.2, 0.25) is 0 Å². The molecule has 0 fully saturated rings. The molecule has 0 aromatic heterocycles. The normalized spacial score (nSPS) is 11.3. The van der Waals surface area contributed by atoms with Gasteiger partial charge in [-0.1, -0.05) is 6.07 Å². The number of nitrogens with one attached hydrogen (secondary N) is 2. The van der Waals surface area contributed by atoms with Crippen LogP contribution in [0.4, 0.5) is 11.4 Å². The third-order valence-electron chi connectivity index (χ3n) is 3.67. The second-order valence-electron chi connectivity index (χ2n) is 5.92. The standard InChI is InChI=1S/C18H22BN5O2/c1-12(22-11-19-26)9-13-5-7-15(8-6-13)23-17(25)14-3-2-4-16(10-14)24-18(20)21/h2-8,10,12,22H,9,11H2,1H3,(H,23,25)(H4,20,21,24). The summed E-state index contributed by atoms with van der Waals surface area (Å²) in [6.45, 7) is 2.02. The molecule has 2 aromatic carbocycles. The number of nitrogens with zero attached hydrogens (tertiary/aromatic N) is 1. The molecule has 0 aliphatic rings. The van der Waals surface area contributed by atoms with Crippen molar-refractivity contribution in [1.29, 1.82) is 0 Å². The molecule has 0 aliphatic carbocycles. The van der Waals surface area contributed by atoms with E-state index >= 15 is 0 Å². The maximum atomic E-state index is 12.4. The van der Waals surface area contributed by atoms with Crippen molar-refractivity contribution < 1.29 is 9.50 Å². The van der Waals surface area contributed by atoms with E-state index in [1.807, 2.05) is 31.2 Å². The summed E-state index contributed by atoms with van der Waals surface area (Å²) in [5, 5.41) is 5.94. The van der Waals surface area contributed by atoms with Crippen LogP contribution in [0.15, 0.2) is 53.5 Å². The number of nitrogens with two attached hydrogens (primary N) is 2. The molecule has 2 rings (SSSR count). The summed E-state index contributed by atoms with van der Waals surface area (Å²) in [5.41, 5.74) is 13.5. The van der Waals surface area contributed by atoms with Gasteiger partial charge in [0.25, 0.3) is 0 Å². The number of amides is 1. The van der Waals surface area contributed by atoms with E-state index < -0.39 is 0 Å². The summed E-state index contributed by atoms with van der Waals surface area (Å²) < 4.78 is 10.4. The van der Waals surface area contributed by atoms with Crippen molar-refractivity contribution in [2.45, 2.75) is 19.4 Å². The first-order chi connectivity index (χ1) is 12.5. The van der Waals surface area contributed by atoms with Gasteiger partial charge in [0.05, 0.1) is 5.69 Å². The zero-order chi connectivity index (χ0) is 18.9. The van der Waals surface area contributed by atoms with Crippen LogP contribution < -0.4 is 22.1 Å². The SMILES string of the molecule is CC(Cc1ccc(NC(=O)c2cccc(N=C(N)N)c2)cc1)NCB=O. The molecule has 7 nitrogen and oxygen atoms in total. The van der Waals surface area contributed by atoms with Crippen LogP contribution in [0.5, 0.6) is 0 Å². The van der Waals surface area contributed by atoms with Crippen LogP contribution in [0.2, 0.25) is 0 Å². The van der Waals surface area contributed by atoms with E-state index in [2.05, 4.69) is 15.6 Å². The topological polar surface area (TPSA) is 123 Å². The summed E-state index contributed by atoms with van der Waals surface area (Å²) in [6.07, 6.45) is 1.14. The average Bonchev–Trinajstić information content (AvgIpc) is 2.61. The third kappa shape index (κ3) is 6.14. The molecule has 8 heteroatoms. The van der Waals surface area contributed by atoms with Gasteiger partial charge in [-0.2, -0.15) is 0 Å². The molecule has 0 bridgehead atoms. The van der Waals surface area contributed by atoms with Gasteiger partial charge in [-0.25, -0.2) is 4.99 Å². The van der Waals surface area contributed by atoms with Crippen LogP contribution in [0.3, 0.4) is 0 Å². The Morgan fingerprint density at radius 2 is 1.92 bits per heavy atom. The minimum atomic E-state index is -0.244. The number of hydrogen-bond donors (Lipinski definition) is 4. The Hall–Kier alpha value is -3.00. The molecule has 0 radical (unpaired) electrons. The van der Waals surface area contributed by atoms with Crippen LogP contribution in [0.1, 0.15) is 22.8 Å². The van der Waals surface area contributed by atoms with E-state index in [1.165, 1.54) is 0 Å². The van der Waals surface area contributed by atoms with Crippen LogP contribution in [0.25, 0.3) is 0 Å². The number of guanidine groups is 1. The maximum absolute atomic E-state index is 12.4. The number of aliphatic imine (C=N–C) groups is 1. The van der Waals surface area contributed by atoms with Gasteiger partial charge >= 0.3 is 112 Å². The van der Waals surface area contributed by atoms with Crippen molar-refractivity contribution in [1.82, 2.24) is 5.32 Å². The molecule has 0 saturated carbocycles. The van der Waals surface area contributed by atoms with Gasteiger partial charge < -0.3 is 11.5 Å². The Balaban J connectivity index is 1.99. The Morgan fingerprint density at radius 3 is 2.58 bits per heavy atom. The molecule has 0 spiro atoms. The fourth-order valence-electron chi connectivity index (χ4n) is 2.47. The molecule has 0 aliphatic heterocycles. The molecule has 0 saturated heterocycles. The van der Waals surface area contributed by atoms with E-state index in [4.69, 9.17) is 11.5 Å². The van der Waals surface area contributed by atoms with Gasteiger partial charge in [0.15, 0.2) is 5.96 Å². The van der Waals surface area contributed by atoms with Gasteiger partial charge in [-0.15, -0.1) is 0 Å². The number of carbonyl (C=O) groups is 1. The van der Waals surface area contributed by atoms with Gasteiger partial charge in [0.1, 0.15) is 0 Å². The fraction of sp³-hybridized carbons (Fsp3) is 0.222. The molecule has 1 unspecified atom stereocenters. The molecular formula is C18H22BN5O2. The Kier molecular flexibility index (Phi) is 7.05. The Morgan fingerprint density at radius 1 is 1.19 bits per heavy atom. The molecule has 6 N–H and O–H groups in total. The fourth-order valence-corrected chi connectivity index (χ4v) is 2.47. The van der Waals surface area contributed by atoms with Crippen molar-refractivity contribution in [3.8, 4) is 0 Å². The van der Waals surface area contributed by atoms with Gasteiger partial charge in [-0.3, -0.25) is 0 Å². The molecule has 2 aromatic rings. The summed E-state index contributed by atoms with van der Waals surface area (Å²) in [6, 6.07) is 14.5. The van der Waals surface area contributed by atoms with Crippen molar-refractivity contribution in [3.63, 3.8) is 0 Å². The molecular weight excluding hydrogens is 329 g/mol. The van der Waals surface area contributed by atoms with Crippen LogP contribution in [-0.4, -0.2) is 31.5 Å². The van der Waals surface area contributed by atoms with E-state index in [-0.39, 0.29) is 17.9 Å². The number of benzene rings is 2. The molecule has 1 amide bonds. The zero-order valence-electron chi connectivity index (χ0n) is 14.6. The first-order valence-electron chi connectivity index (χ1n) is 8.25. The number of rotatable bonds is 8. The summed E-state index contributed by atoms with van der Waals surface area (Å²) in [4.78, 5) is 16.3. The van der Waals surface area contributed by atoms with E-state index in [1.54, 1.807) is 24.3 Å². The van der Waals surface area contributed by atoms with E-state index in [0.29, 0.717) is 23.4 Å². The first kappa shape index (κ1) is 19.3. The predicted octanol–water partition coefficient (Wildman–Crippen LogP) is 1.37.